The number of imidazole rings is 1. The Hall–Kier alpha value is -2.08. The van der Waals surface area contributed by atoms with Gasteiger partial charge in [0.25, 0.3) is 0 Å². The number of aryl methyl sites for hydroxylation is 1. The second kappa shape index (κ2) is 5.37. The third kappa shape index (κ3) is 2.47. The Labute approximate surface area is 123 Å². The lowest BCUT2D eigenvalue weighted by Gasteiger charge is -2.32. The second-order valence-electron chi connectivity index (χ2n) is 5.60. The highest BCUT2D eigenvalue weighted by Crippen LogP contribution is 2.12. The highest BCUT2D eigenvalue weighted by atomic mass is 16.2. The highest BCUT2D eigenvalue weighted by Gasteiger charge is 2.21. The first-order chi connectivity index (χ1) is 10.1. The van der Waals surface area contributed by atoms with Gasteiger partial charge in [0.15, 0.2) is 0 Å². The quantitative estimate of drug-likeness (QED) is 0.788. The molecule has 1 aromatic heterocycles. The molecule has 21 heavy (non-hydrogen) atoms. The van der Waals surface area contributed by atoms with E-state index in [1.807, 2.05) is 29.2 Å². The molecule has 1 aliphatic heterocycles. The molecule has 0 N–H and O–H groups in total. The Kier molecular flexibility index (Phi) is 3.55. The van der Waals surface area contributed by atoms with Crippen LogP contribution in [-0.2, 0) is 18.4 Å². The van der Waals surface area contributed by atoms with Crippen LogP contribution in [0, 0.1) is 0 Å². The largest absolute Gasteiger partial charge is 0.339 e. The number of carbonyl (C=O) groups is 1. The van der Waals surface area contributed by atoms with Gasteiger partial charge in [-0.2, -0.15) is 0 Å². The first-order valence-corrected chi connectivity index (χ1v) is 7.18. The average molecular weight is 288 g/mol. The Bertz CT molecular complexity index is 723. The Morgan fingerprint density at radius 3 is 2.33 bits per heavy atom. The number of benzene rings is 1. The molecule has 2 heterocycles. The van der Waals surface area contributed by atoms with Gasteiger partial charge in [-0.05, 0) is 19.2 Å². The average Bonchev–Trinajstić information content (AvgIpc) is 2.73. The first kappa shape index (κ1) is 13.9. The summed E-state index contributed by atoms with van der Waals surface area (Å²) in [5.41, 5.74) is 1.53. The van der Waals surface area contributed by atoms with Gasteiger partial charge in [-0.3, -0.25) is 13.9 Å². The lowest BCUT2D eigenvalue weighted by atomic mass is 10.3. The summed E-state index contributed by atoms with van der Waals surface area (Å²) in [5.74, 6) is 0.0153. The number of amides is 1. The van der Waals surface area contributed by atoms with Crippen LogP contribution in [0.3, 0.4) is 0 Å². The zero-order chi connectivity index (χ0) is 15.0. The fourth-order valence-corrected chi connectivity index (χ4v) is 2.81. The van der Waals surface area contributed by atoms with Crippen LogP contribution in [0.4, 0.5) is 0 Å². The molecule has 112 valence electrons. The molecule has 1 aromatic carbocycles. The molecule has 0 unspecified atom stereocenters. The summed E-state index contributed by atoms with van der Waals surface area (Å²) < 4.78 is 3.16. The number of piperazine rings is 1. The number of aromatic nitrogens is 2. The van der Waals surface area contributed by atoms with Crippen LogP contribution in [0.1, 0.15) is 0 Å². The molecule has 1 saturated heterocycles. The van der Waals surface area contributed by atoms with Crippen LogP contribution in [0.2, 0.25) is 0 Å². The van der Waals surface area contributed by atoms with Gasteiger partial charge in [0.1, 0.15) is 6.54 Å². The number of carbonyl (C=O) groups excluding carboxylic acids is 1. The molecule has 2 aromatic rings. The molecule has 6 heteroatoms. The van der Waals surface area contributed by atoms with E-state index in [1.54, 1.807) is 16.2 Å². The summed E-state index contributed by atoms with van der Waals surface area (Å²) >= 11 is 0. The van der Waals surface area contributed by atoms with Crippen LogP contribution in [-0.4, -0.2) is 58.1 Å². The zero-order valence-corrected chi connectivity index (χ0v) is 12.5. The summed E-state index contributed by atoms with van der Waals surface area (Å²) in [6.45, 7) is 3.35. The second-order valence-corrected chi connectivity index (χ2v) is 5.60. The smallest absolute Gasteiger partial charge is 0.329 e. The van der Waals surface area contributed by atoms with Crippen molar-refractivity contribution in [2.75, 3.05) is 33.2 Å². The number of likely N-dealkylation sites (N-methyl/N-ethyl adjacent to an activating group) is 1. The van der Waals surface area contributed by atoms with Crippen molar-refractivity contribution in [1.29, 1.82) is 0 Å². The van der Waals surface area contributed by atoms with Gasteiger partial charge in [0, 0.05) is 33.2 Å². The van der Waals surface area contributed by atoms with Gasteiger partial charge in [-0.15, -0.1) is 0 Å². The van der Waals surface area contributed by atoms with Gasteiger partial charge in [-0.25, -0.2) is 4.79 Å². The summed E-state index contributed by atoms with van der Waals surface area (Å²) in [6, 6.07) is 7.56. The third-order valence-electron chi connectivity index (χ3n) is 4.20. The third-order valence-corrected chi connectivity index (χ3v) is 4.20. The predicted molar refractivity (Wildman–Crippen MR) is 81.3 cm³/mol. The molecule has 0 bridgehead atoms. The molecule has 0 spiro atoms. The minimum absolute atomic E-state index is 0.0153. The normalized spacial score (nSPS) is 16.6. The summed E-state index contributed by atoms with van der Waals surface area (Å²) in [4.78, 5) is 28.8. The Balaban J connectivity index is 1.87. The summed E-state index contributed by atoms with van der Waals surface area (Å²) in [5, 5.41) is 0. The molecule has 1 aliphatic rings. The van der Waals surface area contributed by atoms with E-state index in [2.05, 4.69) is 11.9 Å². The van der Waals surface area contributed by atoms with Gasteiger partial charge in [0.2, 0.25) is 5.91 Å². The van der Waals surface area contributed by atoms with Crippen molar-refractivity contribution in [2.24, 2.45) is 7.05 Å². The molecular weight excluding hydrogens is 268 g/mol. The van der Waals surface area contributed by atoms with Crippen molar-refractivity contribution >= 4 is 16.9 Å². The molecule has 0 aliphatic carbocycles. The van der Waals surface area contributed by atoms with E-state index in [4.69, 9.17) is 0 Å². The van der Waals surface area contributed by atoms with E-state index in [9.17, 15) is 9.59 Å². The Morgan fingerprint density at radius 1 is 1.05 bits per heavy atom. The summed E-state index contributed by atoms with van der Waals surface area (Å²) in [7, 11) is 3.79. The fraction of sp³-hybridized carbons (Fsp3) is 0.467. The van der Waals surface area contributed by atoms with Crippen LogP contribution in [0.25, 0.3) is 11.0 Å². The molecule has 0 atom stereocenters. The molecule has 0 saturated carbocycles. The minimum Gasteiger partial charge on any atom is -0.339 e. The van der Waals surface area contributed by atoms with Crippen molar-refractivity contribution in [3.05, 3.63) is 34.7 Å². The molecule has 6 nitrogen and oxygen atoms in total. The predicted octanol–water partition coefficient (Wildman–Crippen LogP) is 0.114. The maximum Gasteiger partial charge on any atom is 0.329 e. The fourth-order valence-electron chi connectivity index (χ4n) is 2.81. The number of hydrogen-bond donors (Lipinski definition) is 0. The van der Waals surface area contributed by atoms with Crippen molar-refractivity contribution < 1.29 is 4.79 Å². The first-order valence-electron chi connectivity index (χ1n) is 7.18. The molecule has 0 radical (unpaired) electrons. The van der Waals surface area contributed by atoms with E-state index in [0.717, 1.165) is 37.2 Å². The molecular formula is C15H20N4O2. The summed E-state index contributed by atoms with van der Waals surface area (Å²) in [6.07, 6.45) is 0. The van der Waals surface area contributed by atoms with E-state index >= 15 is 0 Å². The molecule has 1 amide bonds. The number of fused-ring (bicyclic) bond motifs is 1. The monoisotopic (exact) mass is 288 g/mol. The maximum absolute atomic E-state index is 12.4. The number of para-hydroxylation sites is 2. The van der Waals surface area contributed by atoms with E-state index in [1.165, 1.54) is 0 Å². The van der Waals surface area contributed by atoms with Gasteiger partial charge >= 0.3 is 5.69 Å². The number of hydrogen-bond acceptors (Lipinski definition) is 3. The van der Waals surface area contributed by atoms with Gasteiger partial charge in [-0.1, -0.05) is 12.1 Å². The van der Waals surface area contributed by atoms with Gasteiger partial charge in [0.05, 0.1) is 11.0 Å². The van der Waals surface area contributed by atoms with E-state index < -0.39 is 0 Å². The van der Waals surface area contributed by atoms with Crippen molar-refractivity contribution in [1.82, 2.24) is 18.9 Å². The number of nitrogens with zero attached hydrogens (tertiary/aromatic N) is 4. The van der Waals surface area contributed by atoms with Crippen molar-refractivity contribution in [3.63, 3.8) is 0 Å². The highest BCUT2D eigenvalue weighted by molar-refractivity contribution is 5.81. The maximum atomic E-state index is 12.4. The molecule has 1 fully saturated rings. The van der Waals surface area contributed by atoms with Crippen LogP contribution in [0.5, 0.6) is 0 Å². The zero-order valence-electron chi connectivity index (χ0n) is 12.5. The standard InChI is InChI=1S/C15H20N4O2/c1-16-7-9-18(10-8-16)14(20)11-19-13-6-4-3-5-12(13)17(2)15(19)21/h3-6H,7-11H2,1-2H3. The number of rotatable bonds is 2. The van der Waals surface area contributed by atoms with E-state index in [-0.39, 0.29) is 18.1 Å². The minimum atomic E-state index is -0.140. The topological polar surface area (TPSA) is 50.5 Å². The van der Waals surface area contributed by atoms with Crippen LogP contribution >= 0.6 is 0 Å². The molecule has 3 rings (SSSR count). The van der Waals surface area contributed by atoms with Crippen LogP contribution < -0.4 is 5.69 Å². The lowest BCUT2D eigenvalue weighted by Crippen LogP contribution is -2.48. The van der Waals surface area contributed by atoms with Crippen molar-refractivity contribution in [2.45, 2.75) is 6.54 Å². The lowest BCUT2D eigenvalue weighted by molar-refractivity contribution is -0.133. The van der Waals surface area contributed by atoms with Crippen molar-refractivity contribution in [3.8, 4) is 0 Å². The van der Waals surface area contributed by atoms with Gasteiger partial charge < -0.3 is 9.80 Å². The Morgan fingerprint density at radius 2 is 1.67 bits per heavy atom. The van der Waals surface area contributed by atoms with Crippen LogP contribution in [0.15, 0.2) is 29.1 Å². The van der Waals surface area contributed by atoms with E-state index in [0.29, 0.717) is 0 Å². The SMILES string of the molecule is CN1CCN(C(=O)Cn2c(=O)n(C)c3ccccc32)CC1.